The van der Waals surface area contributed by atoms with Crippen molar-refractivity contribution in [1.29, 1.82) is 0 Å². The van der Waals surface area contributed by atoms with Crippen molar-refractivity contribution < 1.29 is 9.90 Å². The fraction of sp³-hybridized carbons (Fsp3) is 0.765. The quantitative estimate of drug-likeness (QED) is 0.933. The second-order valence-corrected chi connectivity index (χ2v) is 6.92. The van der Waals surface area contributed by atoms with E-state index in [1.165, 1.54) is 25.7 Å². The van der Waals surface area contributed by atoms with Gasteiger partial charge in [-0.2, -0.15) is 5.10 Å². The third-order valence-corrected chi connectivity index (χ3v) is 5.37. The molecular weight excluding hydrogens is 278 g/mol. The number of aliphatic hydroxyl groups is 1. The van der Waals surface area contributed by atoms with Crippen LogP contribution in [0.2, 0.25) is 0 Å². The summed E-state index contributed by atoms with van der Waals surface area (Å²) < 4.78 is 2.05. The van der Waals surface area contributed by atoms with Crippen LogP contribution in [-0.2, 0) is 0 Å². The van der Waals surface area contributed by atoms with Crippen LogP contribution < -0.4 is 0 Å². The van der Waals surface area contributed by atoms with Gasteiger partial charge in [-0.25, -0.2) is 0 Å². The Morgan fingerprint density at radius 2 is 2.05 bits per heavy atom. The number of piperidine rings is 1. The van der Waals surface area contributed by atoms with E-state index in [0.717, 1.165) is 30.6 Å². The summed E-state index contributed by atoms with van der Waals surface area (Å²) in [6, 6.07) is 0.466. The Balaban J connectivity index is 1.74. The minimum Gasteiger partial charge on any atom is -0.393 e. The lowest BCUT2D eigenvalue weighted by molar-refractivity contribution is 0.0465. The topological polar surface area (TPSA) is 58.4 Å². The number of aliphatic hydroxyl groups excluding tert-OH is 1. The number of amides is 1. The Morgan fingerprint density at radius 3 is 2.73 bits per heavy atom. The molecule has 1 saturated heterocycles. The maximum atomic E-state index is 12.8. The molecule has 5 heteroatoms. The molecule has 3 rings (SSSR count). The summed E-state index contributed by atoms with van der Waals surface area (Å²) in [5, 5.41) is 14.3. The van der Waals surface area contributed by atoms with Gasteiger partial charge in [-0.05, 0) is 39.5 Å². The molecule has 0 spiro atoms. The monoisotopic (exact) mass is 305 g/mol. The van der Waals surface area contributed by atoms with Gasteiger partial charge in [0.05, 0.1) is 23.9 Å². The Kier molecular flexibility index (Phi) is 4.52. The Hall–Kier alpha value is -1.36. The van der Waals surface area contributed by atoms with Crippen LogP contribution in [0.1, 0.15) is 67.5 Å². The van der Waals surface area contributed by atoms with Gasteiger partial charge in [-0.3, -0.25) is 9.48 Å². The molecule has 2 unspecified atom stereocenters. The molecule has 122 valence electrons. The van der Waals surface area contributed by atoms with Crippen LogP contribution in [0, 0.1) is 12.8 Å². The van der Waals surface area contributed by atoms with Crippen molar-refractivity contribution in [3.63, 3.8) is 0 Å². The zero-order valence-corrected chi connectivity index (χ0v) is 13.7. The molecule has 1 amide bonds. The molecule has 22 heavy (non-hydrogen) atoms. The smallest absolute Gasteiger partial charge is 0.257 e. The molecule has 1 aromatic rings. The van der Waals surface area contributed by atoms with Gasteiger partial charge < -0.3 is 10.0 Å². The minimum absolute atomic E-state index is 0.0760. The van der Waals surface area contributed by atoms with Gasteiger partial charge in [0, 0.05) is 24.7 Å². The molecular formula is C17H27N3O2. The van der Waals surface area contributed by atoms with Crippen molar-refractivity contribution in [2.75, 3.05) is 13.1 Å². The van der Waals surface area contributed by atoms with Crippen molar-refractivity contribution in [3.05, 3.63) is 17.5 Å². The van der Waals surface area contributed by atoms with Crippen molar-refractivity contribution in [1.82, 2.24) is 14.7 Å². The summed E-state index contributed by atoms with van der Waals surface area (Å²) >= 11 is 0. The molecule has 1 aliphatic carbocycles. The molecule has 0 radical (unpaired) electrons. The molecule has 1 aliphatic heterocycles. The molecule has 1 N–H and O–H groups in total. The fourth-order valence-corrected chi connectivity index (χ4v) is 3.91. The summed E-state index contributed by atoms with van der Waals surface area (Å²) in [7, 11) is 0. The minimum atomic E-state index is -0.349. The zero-order chi connectivity index (χ0) is 15.7. The second-order valence-electron chi connectivity index (χ2n) is 6.92. The molecule has 0 bridgehead atoms. The first-order valence-electron chi connectivity index (χ1n) is 8.59. The normalized spacial score (nSPS) is 24.7. The van der Waals surface area contributed by atoms with Crippen molar-refractivity contribution in [3.8, 4) is 0 Å². The van der Waals surface area contributed by atoms with Crippen LogP contribution in [0.4, 0.5) is 0 Å². The van der Waals surface area contributed by atoms with E-state index in [0.29, 0.717) is 12.6 Å². The number of hydrogen-bond donors (Lipinski definition) is 1. The van der Waals surface area contributed by atoms with E-state index in [9.17, 15) is 9.90 Å². The zero-order valence-electron chi connectivity index (χ0n) is 13.7. The highest BCUT2D eigenvalue weighted by Gasteiger charge is 2.29. The number of likely N-dealkylation sites (tertiary alicyclic amines) is 1. The SMILES string of the molecule is Cc1c(C(=O)N2CCCC(C(C)O)C2)cnn1C1CCCC1. The molecule has 1 saturated carbocycles. The van der Waals surface area contributed by atoms with E-state index in [4.69, 9.17) is 0 Å². The molecule has 1 aromatic heterocycles. The van der Waals surface area contributed by atoms with Crippen molar-refractivity contribution in [2.45, 2.75) is 64.5 Å². The summed E-state index contributed by atoms with van der Waals surface area (Å²) in [6.45, 7) is 5.28. The lowest BCUT2D eigenvalue weighted by Crippen LogP contribution is -2.43. The largest absolute Gasteiger partial charge is 0.393 e. The second kappa shape index (κ2) is 6.41. The van der Waals surface area contributed by atoms with Crippen molar-refractivity contribution in [2.24, 2.45) is 5.92 Å². The third-order valence-electron chi connectivity index (χ3n) is 5.37. The maximum absolute atomic E-state index is 12.8. The number of nitrogens with zero attached hydrogens (tertiary/aromatic N) is 3. The van der Waals surface area contributed by atoms with Gasteiger partial charge in [-0.1, -0.05) is 12.8 Å². The van der Waals surface area contributed by atoms with E-state index in [2.05, 4.69) is 9.78 Å². The van der Waals surface area contributed by atoms with E-state index < -0.39 is 0 Å². The highest BCUT2D eigenvalue weighted by atomic mass is 16.3. The van der Waals surface area contributed by atoms with E-state index >= 15 is 0 Å². The van der Waals surface area contributed by atoms with Crippen LogP contribution in [0.15, 0.2) is 6.20 Å². The van der Waals surface area contributed by atoms with Crippen LogP contribution in [0.3, 0.4) is 0 Å². The van der Waals surface area contributed by atoms with Crippen LogP contribution in [-0.4, -0.2) is 44.9 Å². The first-order chi connectivity index (χ1) is 10.6. The Labute approximate surface area is 132 Å². The van der Waals surface area contributed by atoms with Crippen LogP contribution in [0.5, 0.6) is 0 Å². The average Bonchev–Trinajstić information content (AvgIpc) is 3.16. The molecule has 2 heterocycles. The number of carbonyl (C=O) groups is 1. The predicted octanol–water partition coefficient (Wildman–Crippen LogP) is 2.54. The van der Waals surface area contributed by atoms with Gasteiger partial charge >= 0.3 is 0 Å². The number of aromatic nitrogens is 2. The summed E-state index contributed by atoms with van der Waals surface area (Å²) in [6.07, 6.45) is 8.22. The maximum Gasteiger partial charge on any atom is 0.257 e. The van der Waals surface area contributed by atoms with Gasteiger partial charge in [0.2, 0.25) is 0 Å². The van der Waals surface area contributed by atoms with Gasteiger partial charge in [0.25, 0.3) is 5.91 Å². The van der Waals surface area contributed by atoms with Crippen LogP contribution >= 0.6 is 0 Å². The number of hydrogen-bond acceptors (Lipinski definition) is 3. The van der Waals surface area contributed by atoms with Gasteiger partial charge in [-0.15, -0.1) is 0 Å². The number of rotatable bonds is 3. The molecule has 5 nitrogen and oxygen atoms in total. The highest BCUT2D eigenvalue weighted by molar-refractivity contribution is 5.95. The molecule has 2 aliphatic rings. The molecule has 2 atom stereocenters. The van der Waals surface area contributed by atoms with Gasteiger partial charge in [0.15, 0.2) is 0 Å². The van der Waals surface area contributed by atoms with E-state index in [1.807, 2.05) is 18.7 Å². The molecule has 2 fully saturated rings. The lowest BCUT2D eigenvalue weighted by atomic mass is 9.93. The highest BCUT2D eigenvalue weighted by Crippen LogP contribution is 2.31. The summed E-state index contributed by atoms with van der Waals surface area (Å²) in [4.78, 5) is 14.7. The van der Waals surface area contributed by atoms with Gasteiger partial charge in [0.1, 0.15) is 0 Å². The number of carbonyl (C=O) groups excluding carboxylic acids is 1. The predicted molar refractivity (Wildman–Crippen MR) is 84.8 cm³/mol. The standard InChI is InChI=1S/C17H27N3O2/c1-12-16(10-18-20(12)15-7-3-4-8-15)17(22)19-9-5-6-14(11-19)13(2)21/h10,13-15,21H,3-9,11H2,1-2H3. The first-order valence-corrected chi connectivity index (χ1v) is 8.59. The van der Waals surface area contributed by atoms with Crippen LogP contribution in [0.25, 0.3) is 0 Å². The fourth-order valence-electron chi connectivity index (χ4n) is 3.91. The van der Waals surface area contributed by atoms with E-state index in [-0.39, 0.29) is 17.9 Å². The Morgan fingerprint density at radius 1 is 1.32 bits per heavy atom. The van der Waals surface area contributed by atoms with Crippen molar-refractivity contribution >= 4 is 5.91 Å². The first kappa shape index (κ1) is 15.5. The third kappa shape index (κ3) is 2.91. The summed E-state index contributed by atoms with van der Waals surface area (Å²) in [5.74, 6) is 0.273. The summed E-state index contributed by atoms with van der Waals surface area (Å²) in [5.41, 5.74) is 1.73. The average molecular weight is 305 g/mol. The Bertz CT molecular complexity index is 532. The lowest BCUT2D eigenvalue weighted by Gasteiger charge is -2.34. The van der Waals surface area contributed by atoms with E-state index in [1.54, 1.807) is 6.20 Å². The molecule has 0 aromatic carbocycles.